The molecule has 0 aliphatic heterocycles. The quantitative estimate of drug-likeness (QED) is 0.462. The molecule has 0 saturated heterocycles. The predicted molar refractivity (Wildman–Crippen MR) is 60.0 cm³/mol. The van der Waals surface area contributed by atoms with Gasteiger partial charge in [0, 0.05) is 18.4 Å². The second-order valence-corrected chi connectivity index (χ2v) is 3.56. The van der Waals surface area contributed by atoms with Gasteiger partial charge >= 0.3 is 5.97 Å². The second kappa shape index (κ2) is 5.89. The molecule has 0 fully saturated rings. The summed E-state index contributed by atoms with van der Waals surface area (Å²) in [7, 11) is 1.29. The van der Waals surface area contributed by atoms with Crippen LogP contribution in [0.3, 0.4) is 0 Å². The molecule has 92 valence electrons. The van der Waals surface area contributed by atoms with Crippen molar-refractivity contribution in [2.45, 2.75) is 19.3 Å². The Labute approximate surface area is 98.6 Å². The van der Waals surface area contributed by atoms with Crippen LogP contribution in [0.1, 0.15) is 29.6 Å². The minimum Gasteiger partial charge on any atom is -0.504 e. The van der Waals surface area contributed by atoms with E-state index in [1.165, 1.54) is 25.3 Å². The summed E-state index contributed by atoms with van der Waals surface area (Å²) in [6, 6.07) is 3.88. The fourth-order valence-corrected chi connectivity index (χ4v) is 1.34. The standard InChI is InChI=1S/C12H14O5/c1-17-12(16)4-2-3-9(13)8-5-6-10(14)11(15)7-8/h5-7,14-15H,2-4H2,1H3. The van der Waals surface area contributed by atoms with E-state index in [4.69, 9.17) is 5.11 Å². The Morgan fingerprint density at radius 2 is 1.88 bits per heavy atom. The van der Waals surface area contributed by atoms with Crippen LogP contribution >= 0.6 is 0 Å². The van der Waals surface area contributed by atoms with Crippen molar-refractivity contribution in [2.75, 3.05) is 7.11 Å². The third kappa shape index (κ3) is 3.79. The van der Waals surface area contributed by atoms with Crippen molar-refractivity contribution in [3.05, 3.63) is 23.8 Å². The van der Waals surface area contributed by atoms with Crippen LogP contribution in [0.15, 0.2) is 18.2 Å². The summed E-state index contributed by atoms with van der Waals surface area (Å²) in [5.74, 6) is -1.14. The first kappa shape index (κ1) is 13.0. The largest absolute Gasteiger partial charge is 0.504 e. The highest BCUT2D eigenvalue weighted by Crippen LogP contribution is 2.25. The summed E-state index contributed by atoms with van der Waals surface area (Å²) < 4.78 is 4.45. The topological polar surface area (TPSA) is 83.8 Å². The Morgan fingerprint density at radius 1 is 1.18 bits per heavy atom. The summed E-state index contributed by atoms with van der Waals surface area (Å²) >= 11 is 0. The zero-order chi connectivity index (χ0) is 12.8. The first-order chi connectivity index (χ1) is 8.04. The van der Waals surface area contributed by atoms with Gasteiger partial charge in [0.15, 0.2) is 17.3 Å². The first-order valence-electron chi connectivity index (χ1n) is 5.16. The molecular formula is C12H14O5. The van der Waals surface area contributed by atoms with Crippen molar-refractivity contribution in [3.8, 4) is 11.5 Å². The highest BCUT2D eigenvalue weighted by molar-refractivity contribution is 5.96. The van der Waals surface area contributed by atoms with E-state index in [-0.39, 0.29) is 36.1 Å². The molecule has 17 heavy (non-hydrogen) atoms. The Kier molecular flexibility index (Phi) is 4.51. The average Bonchev–Trinajstić information content (AvgIpc) is 2.32. The smallest absolute Gasteiger partial charge is 0.305 e. The van der Waals surface area contributed by atoms with Gasteiger partial charge in [-0.25, -0.2) is 0 Å². The normalized spacial score (nSPS) is 9.94. The van der Waals surface area contributed by atoms with Gasteiger partial charge in [-0.2, -0.15) is 0 Å². The molecule has 0 aliphatic carbocycles. The number of phenols is 2. The molecule has 5 nitrogen and oxygen atoms in total. The van der Waals surface area contributed by atoms with Gasteiger partial charge in [-0.3, -0.25) is 9.59 Å². The lowest BCUT2D eigenvalue weighted by Gasteiger charge is -2.03. The van der Waals surface area contributed by atoms with Gasteiger partial charge in [-0.05, 0) is 24.6 Å². The van der Waals surface area contributed by atoms with E-state index >= 15 is 0 Å². The lowest BCUT2D eigenvalue weighted by atomic mass is 10.1. The Bertz CT molecular complexity index is 425. The van der Waals surface area contributed by atoms with E-state index in [2.05, 4.69) is 4.74 Å². The molecule has 0 atom stereocenters. The minimum atomic E-state index is -0.355. The van der Waals surface area contributed by atoms with Crippen LogP contribution in [0, 0.1) is 0 Å². The molecule has 5 heteroatoms. The van der Waals surface area contributed by atoms with Crippen molar-refractivity contribution in [3.63, 3.8) is 0 Å². The number of phenolic OH excluding ortho intramolecular Hbond substituents is 2. The molecule has 2 N–H and O–H groups in total. The lowest BCUT2D eigenvalue weighted by molar-refractivity contribution is -0.140. The van der Waals surface area contributed by atoms with Crippen LogP contribution < -0.4 is 0 Å². The molecule has 1 rings (SSSR count). The van der Waals surface area contributed by atoms with Gasteiger partial charge in [0.25, 0.3) is 0 Å². The second-order valence-electron chi connectivity index (χ2n) is 3.56. The Morgan fingerprint density at radius 3 is 2.47 bits per heavy atom. The van der Waals surface area contributed by atoms with E-state index in [1.807, 2.05) is 0 Å². The molecular weight excluding hydrogens is 224 g/mol. The molecule has 1 aromatic carbocycles. The monoisotopic (exact) mass is 238 g/mol. The van der Waals surface area contributed by atoms with E-state index < -0.39 is 0 Å². The van der Waals surface area contributed by atoms with Crippen molar-refractivity contribution in [1.82, 2.24) is 0 Å². The maximum atomic E-state index is 11.6. The van der Waals surface area contributed by atoms with Crippen molar-refractivity contribution in [1.29, 1.82) is 0 Å². The lowest BCUT2D eigenvalue weighted by Crippen LogP contribution is -2.03. The molecule has 0 spiro atoms. The molecule has 0 amide bonds. The molecule has 0 radical (unpaired) electrons. The summed E-state index contributed by atoms with van der Waals surface area (Å²) in [6.45, 7) is 0. The number of hydrogen-bond acceptors (Lipinski definition) is 5. The van der Waals surface area contributed by atoms with Gasteiger partial charge in [-0.15, -0.1) is 0 Å². The molecule has 0 unspecified atom stereocenters. The molecule has 0 saturated carbocycles. The highest BCUT2D eigenvalue weighted by atomic mass is 16.5. The Hall–Kier alpha value is -2.04. The Balaban J connectivity index is 2.52. The summed E-state index contributed by atoms with van der Waals surface area (Å²) in [6.07, 6.45) is 0.777. The number of aromatic hydroxyl groups is 2. The van der Waals surface area contributed by atoms with Crippen LogP contribution in [0.2, 0.25) is 0 Å². The van der Waals surface area contributed by atoms with E-state index in [1.54, 1.807) is 0 Å². The summed E-state index contributed by atoms with van der Waals surface area (Å²) in [5, 5.41) is 18.3. The zero-order valence-electron chi connectivity index (χ0n) is 9.47. The predicted octanol–water partition coefficient (Wildman–Crippen LogP) is 1.62. The van der Waals surface area contributed by atoms with Crippen molar-refractivity contribution in [2.24, 2.45) is 0 Å². The number of ketones is 1. The number of Topliss-reactive ketones (excluding diaryl/α,β-unsaturated/α-hetero) is 1. The third-order valence-corrected chi connectivity index (χ3v) is 2.31. The summed E-state index contributed by atoms with van der Waals surface area (Å²) in [5.41, 5.74) is 0.310. The van der Waals surface area contributed by atoms with Crippen molar-refractivity contribution < 1.29 is 24.5 Å². The first-order valence-corrected chi connectivity index (χ1v) is 5.16. The van der Waals surface area contributed by atoms with E-state index in [0.29, 0.717) is 12.0 Å². The fraction of sp³-hybridized carbons (Fsp3) is 0.333. The van der Waals surface area contributed by atoms with Crippen LogP contribution in [0.4, 0.5) is 0 Å². The van der Waals surface area contributed by atoms with Crippen LogP contribution in [0.5, 0.6) is 11.5 Å². The van der Waals surface area contributed by atoms with Gasteiger partial charge < -0.3 is 14.9 Å². The summed E-state index contributed by atoms with van der Waals surface area (Å²) in [4.78, 5) is 22.5. The van der Waals surface area contributed by atoms with Gasteiger partial charge in [0.2, 0.25) is 0 Å². The van der Waals surface area contributed by atoms with Gasteiger partial charge in [-0.1, -0.05) is 0 Å². The number of benzene rings is 1. The molecule has 1 aromatic rings. The zero-order valence-corrected chi connectivity index (χ0v) is 9.47. The van der Waals surface area contributed by atoms with E-state index in [0.717, 1.165) is 0 Å². The van der Waals surface area contributed by atoms with Gasteiger partial charge in [0.1, 0.15) is 0 Å². The number of ether oxygens (including phenoxy) is 1. The van der Waals surface area contributed by atoms with Crippen LogP contribution in [0.25, 0.3) is 0 Å². The fourth-order valence-electron chi connectivity index (χ4n) is 1.34. The number of carbonyl (C=O) groups excluding carboxylic acids is 2. The van der Waals surface area contributed by atoms with Crippen LogP contribution in [-0.4, -0.2) is 29.1 Å². The highest BCUT2D eigenvalue weighted by Gasteiger charge is 2.10. The number of methoxy groups -OCH3 is 1. The minimum absolute atomic E-state index is 0.187. The van der Waals surface area contributed by atoms with Crippen molar-refractivity contribution >= 4 is 11.8 Å². The van der Waals surface area contributed by atoms with Crippen LogP contribution in [-0.2, 0) is 9.53 Å². The number of rotatable bonds is 5. The SMILES string of the molecule is COC(=O)CCCC(=O)c1ccc(O)c(O)c1. The maximum absolute atomic E-state index is 11.6. The maximum Gasteiger partial charge on any atom is 0.305 e. The number of esters is 1. The molecule has 0 aromatic heterocycles. The molecule has 0 aliphatic rings. The molecule has 0 bridgehead atoms. The third-order valence-electron chi connectivity index (χ3n) is 2.31. The average molecular weight is 238 g/mol. The molecule has 0 heterocycles. The van der Waals surface area contributed by atoms with Gasteiger partial charge in [0.05, 0.1) is 7.11 Å². The van der Waals surface area contributed by atoms with E-state index in [9.17, 15) is 14.7 Å². The number of hydrogen-bond donors (Lipinski definition) is 2. The number of carbonyl (C=O) groups is 2.